The lowest BCUT2D eigenvalue weighted by Crippen LogP contribution is -2.48. The number of nitrogens with zero attached hydrogens (tertiary/aromatic N) is 3. The number of fused-ring (bicyclic) bond motifs is 1. The van der Waals surface area contributed by atoms with Crippen molar-refractivity contribution >= 4 is 27.5 Å². The molecule has 1 aliphatic heterocycles. The number of amides is 1. The molecule has 6 nitrogen and oxygen atoms in total. The number of aromatic nitrogens is 1. The van der Waals surface area contributed by atoms with Crippen molar-refractivity contribution in [1.29, 1.82) is 0 Å². The zero-order valence-corrected chi connectivity index (χ0v) is 24.2. The van der Waals surface area contributed by atoms with E-state index in [2.05, 4.69) is 69.4 Å². The number of carbonyl (C=O) groups excluding carboxylic acids is 1. The molecule has 1 saturated heterocycles. The second-order valence-electron chi connectivity index (χ2n) is 10.4. The molecule has 0 bridgehead atoms. The second kappa shape index (κ2) is 12.7. The molecule has 0 radical (unpaired) electrons. The molecule has 0 unspecified atom stereocenters. The van der Waals surface area contributed by atoms with Crippen LogP contribution in [-0.2, 0) is 31.0 Å². The van der Waals surface area contributed by atoms with Gasteiger partial charge >= 0.3 is 0 Å². The van der Waals surface area contributed by atoms with Crippen LogP contribution in [0.4, 0.5) is 0 Å². The number of piperazine rings is 1. The Hall–Kier alpha value is -3.91. The summed E-state index contributed by atoms with van der Waals surface area (Å²) in [4.78, 5) is 18.8. The Bertz CT molecular complexity index is 1570. The maximum atomic E-state index is 14.3. The molecular weight excluding hydrogens is 530 g/mol. The van der Waals surface area contributed by atoms with Crippen LogP contribution in [0.5, 0.6) is 5.75 Å². The highest BCUT2D eigenvalue weighted by molar-refractivity contribution is 7.17. The smallest absolute Gasteiger partial charge is 0.271 e. The van der Waals surface area contributed by atoms with Gasteiger partial charge in [-0.05, 0) is 40.3 Å². The Kier molecular flexibility index (Phi) is 8.46. The SMILES string of the molecule is COc1ccc(Cn2c(C(=O)N3CCN(Cc4ccccc4)CC3)c(COCc3ccccc3)c3sccc32)cc1. The number of methoxy groups -OCH3 is 1. The molecule has 5 aromatic rings. The van der Waals surface area contributed by atoms with Crippen molar-refractivity contribution in [3.05, 3.63) is 124 Å². The van der Waals surface area contributed by atoms with Crippen LogP contribution < -0.4 is 4.74 Å². The van der Waals surface area contributed by atoms with Gasteiger partial charge in [-0.25, -0.2) is 0 Å². The predicted octanol–water partition coefficient (Wildman–Crippen LogP) is 6.43. The summed E-state index contributed by atoms with van der Waals surface area (Å²) in [6.07, 6.45) is 0. The van der Waals surface area contributed by atoms with Crippen molar-refractivity contribution in [3.63, 3.8) is 0 Å². The first-order valence-corrected chi connectivity index (χ1v) is 15.0. The van der Waals surface area contributed by atoms with Gasteiger partial charge in [0.15, 0.2) is 0 Å². The number of rotatable bonds is 10. The van der Waals surface area contributed by atoms with Crippen molar-refractivity contribution in [1.82, 2.24) is 14.4 Å². The highest BCUT2D eigenvalue weighted by atomic mass is 32.1. The van der Waals surface area contributed by atoms with Crippen LogP contribution in [0.2, 0.25) is 0 Å². The molecule has 0 saturated carbocycles. The van der Waals surface area contributed by atoms with Crippen LogP contribution in [0.1, 0.15) is 32.7 Å². The van der Waals surface area contributed by atoms with Crippen LogP contribution in [-0.4, -0.2) is 53.6 Å². The molecule has 0 aliphatic carbocycles. The van der Waals surface area contributed by atoms with Gasteiger partial charge in [-0.1, -0.05) is 72.8 Å². The van der Waals surface area contributed by atoms with Crippen LogP contribution in [0, 0.1) is 0 Å². The summed E-state index contributed by atoms with van der Waals surface area (Å²) in [7, 11) is 1.67. The Balaban J connectivity index is 1.27. The Labute approximate surface area is 245 Å². The topological polar surface area (TPSA) is 46.9 Å². The summed E-state index contributed by atoms with van der Waals surface area (Å²) in [6.45, 7) is 5.52. The summed E-state index contributed by atoms with van der Waals surface area (Å²) < 4.78 is 14.9. The van der Waals surface area contributed by atoms with E-state index in [0.717, 1.165) is 58.0 Å². The minimum atomic E-state index is 0.0829. The van der Waals surface area contributed by atoms with Crippen molar-refractivity contribution in [2.24, 2.45) is 0 Å². The van der Waals surface area contributed by atoms with Crippen molar-refractivity contribution in [3.8, 4) is 5.75 Å². The molecule has 1 aliphatic rings. The molecule has 3 heterocycles. The summed E-state index contributed by atoms with van der Waals surface area (Å²) in [5.74, 6) is 0.904. The molecule has 2 aromatic heterocycles. The zero-order valence-electron chi connectivity index (χ0n) is 23.4. The predicted molar refractivity (Wildman–Crippen MR) is 164 cm³/mol. The summed E-state index contributed by atoms with van der Waals surface area (Å²) in [6, 6.07) is 30.9. The quantitative estimate of drug-likeness (QED) is 0.196. The Morgan fingerprint density at radius 1 is 0.756 bits per heavy atom. The molecule has 41 heavy (non-hydrogen) atoms. The number of hydrogen-bond acceptors (Lipinski definition) is 5. The monoisotopic (exact) mass is 565 g/mol. The number of ether oxygens (including phenoxy) is 2. The third kappa shape index (κ3) is 6.22. The van der Waals surface area contributed by atoms with E-state index in [0.29, 0.717) is 32.8 Å². The molecule has 0 spiro atoms. The van der Waals surface area contributed by atoms with Crippen LogP contribution in [0.25, 0.3) is 10.2 Å². The molecule has 210 valence electrons. The average Bonchev–Trinajstić information content (AvgIpc) is 3.61. The van der Waals surface area contributed by atoms with E-state index in [1.54, 1.807) is 18.4 Å². The van der Waals surface area contributed by atoms with E-state index in [-0.39, 0.29) is 5.91 Å². The first kappa shape index (κ1) is 27.3. The van der Waals surface area contributed by atoms with E-state index in [9.17, 15) is 4.79 Å². The largest absolute Gasteiger partial charge is 0.497 e. The standard InChI is InChI=1S/C34H35N3O3S/c1-39-29-14-12-27(13-15-29)23-37-31-16-21-41-33(31)30(25-40-24-28-10-6-3-7-11-28)32(37)34(38)36-19-17-35(18-20-36)22-26-8-4-2-5-9-26/h2-16,21H,17-20,22-25H2,1H3. The third-order valence-corrected chi connectivity index (χ3v) is 8.70. The molecule has 1 fully saturated rings. The van der Waals surface area contributed by atoms with Gasteiger partial charge in [0.25, 0.3) is 5.91 Å². The summed E-state index contributed by atoms with van der Waals surface area (Å²) in [5.41, 5.74) is 6.35. The molecule has 0 atom stereocenters. The van der Waals surface area contributed by atoms with Gasteiger partial charge < -0.3 is 18.9 Å². The maximum absolute atomic E-state index is 14.3. The lowest BCUT2D eigenvalue weighted by Gasteiger charge is -2.35. The fraction of sp³-hybridized carbons (Fsp3) is 0.265. The minimum Gasteiger partial charge on any atom is -0.497 e. The number of hydrogen-bond donors (Lipinski definition) is 0. The van der Waals surface area contributed by atoms with E-state index < -0.39 is 0 Å². The number of benzene rings is 3. The first-order chi connectivity index (χ1) is 20.2. The lowest BCUT2D eigenvalue weighted by molar-refractivity contribution is 0.0609. The highest BCUT2D eigenvalue weighted by Gasteiger charge is 2.29. The van der Waals surface area contributed by atoms with Crippen LogP contribution >= 0.6 is 11.3 Å². The van der Waals surface area contributed by atoms with Gasteiger partial charge in [-0.15, -0.1) is 11.3 Å². The summed E-state index contributed by atoms with van der Waals surface area (Å²) >= 11 is 1.68. The Morgan fingerprint density at radius 2 is 1.41 bits per heavy atom. The van der Waals surface area contributed by atoms with Gasteiger partial charge in [0.1, 0.15) is 11.4 Å². The van der Waals surface area contributed by atoms with Crippen molar-refractivity contribution in [2.45, 2.75) is 26.3 Å². The molecule has 1 amide bonds. The van der Waals surface area contributed by atoms with Gasteiger partial charge in [0.05, 0.1) is 30.5 Å². The highest BCUT2D eigenvalue weighted by Crippen LogP contribution is 2.34. The molecule has 3 aromatic carbocycles. The minimum absolute atomic E-state index is 0.0829. The zero-order chi connectivity index (χ0) is 28.0. The molecule has 7 heteroatoms. The number of thiophene rings is 1. The van der Waals surface area contributed by atoms with Crippen LogP contribution in [0.3, 0.4) is 0 Å². The number of carbonyl (C=O) groups is 1. The fourth-order valence-corrected chi connectivity index (χ4v) is 6.46. The van der Waals surface area contributed by atoms with Gasteiger partial charge in [-0.3, -0.25) is 9.69 Å². The van der Waals surface area contributed by atoms with Crippen molar-refractivity contribution < 1.29 is 14.3 Å². The summed E-state index contributed by atoms with van der Waals surface area (Å²) in [5, 5.41) is 2.10. The Morgan fingerprint density at radius 3 is 2.10 bits per heavy atom. The van der Waals surface area contributed by atoms with Gasteiger partial charge in [0.2, 0.25) is 0 Å². The molecular formula is C34H35N3O3S. The van der Waals surface area contributed by atoms with Gasteiger partial charge in [-0.2, -0.15) is 0 Å². The van der Waals surface area contributed by atoms with E-state index in [4.69, 9.17) is 9.47 Å². The first-order valence-electron chi connectivity index (χ1n) is 14.1. The van der Waals surface area contributed by atoms with E-state index in [1.165, 1.54) is 5.56 Å². The van der Waals surface area contributed by atoms with E-state index >= 15 is 0 Å². The molecule has 6 rings (SSSR count). The fourth-order valence-electron chi connectivity index (χ4n) is 5.53. The van der Waals surface area contributed by atoms with Gasteiger partial charge in [0, 0.05) is 44.8 Å². The normalized spacial score (nSPS) is 14.0. The molecule has 0 N–H and O–H groups in total. The second-order valence-corrected chi connectivity index (χ2v) is 11.3. The van der Waals surface area contributed by atoms with Crippen molar-refractivity contribution in [2.75, 3.05) is 33.3 Å². The average molecular weight is 566 g/mol. The van der Waals surface area contributed by atoms with Crippen LogP contribution in [0.15, 0.2) is 96.4 Å². The maximum Gasteiger partial charge on any atom is 0.271 e. The third-order valence-electron chi connectivity index (χ3n) is 7.73. The van der Waals surface area contributed by atoms with E-state index in [1.807, 2.05) is 41.3 Å². The lowest BCUT2D eigenvalue weighted by atomic mass is 10.1.